The number of carbonyl (C=O) groups excluding carboxylic acids is 1. The Morgan fingerprint density at radius 3 is 2.80 bits per heavy atom. The highest BCUT2D eigenvalue weighted by atomic mass is 35.5. The number of hydrogen-bond donors (Lipinski definition) is 1. The molecule has 1 N–H and O–H groups in total. The molecule has 0 radical (unpaired) electrons. The highest BCUT2D eigenvalue weighted by molar-refractivity contribution is 6.31. The third kappa shape index (κ3) is 4.21. The molecule has 1 saturated carbocycles. The molecule has 3 rings (SSSR count). The van der Waals surface area contributed by atoms with E-state index in [0.717, 1.165) is 32.1 Å². The Labute approximate surface area is 152 Å². The molecule has 6 heteroatoms. The van der Waals surface area contributed by atoms with Gasteiger partial charge >= 0.3 is 0 Å². The molecule has 5 nitrogen and oxygen atoms in total. The van der Waals surface area contributed by atoms with Crippen molar-refractivity contribution in [2.75, 3.05) is 6.54 Å². The quantitative estimate of drug-likeness (QED) is 0.878. The number of carbonyl (C=O) groups is 1. The average molecular weight is 362 g/mol. The normalized spacial score (nSPS) is 15.4. The van der Waals surface area contributed by atoms with Gasteiger partial charge in [0.05, 0.1) is 17.4 Å². The third-order valence-electron chi connectivity index (χ3n) is 4.82. The van der Waals surface area contributed by atoms with Crippen LogP contribution in [0.15, 0.2) is 23.0 Å². The summed E-state index contributed by atoms with van der Waals surface area (Å²) in [6.45, 7) is 3.06. The number of fused-ring (bicyclic) bond motifs is 1. The van der Waals surface area contributed by atoms with Gasteiger partial charge in [-0.2, -0.15) is 0 Å². The van der Waals surface area contributed by atoms with Crippen molar-refractivity contribution in [1.82, 2.24) is 14.9 Å². The summed E-state index contributed by atoms with van der Waals surface area (Å²) in [6, 6.07) is 5.03. The molecule has 0 spiro atoms. The van der Waals surface area contributed by atoms with E-state index in [-0.39, 0.29) is 17.4 Å². The van der Waals surface area contributed by atoms with Gasteiger partial charge in [0, 0.05) is 17.5 Å². The molecule has 1 heterocycles. The largest absolute Gasteiger partial charge is 0.335 e. The van der Waals surface area contributed by atoms with E-state index in [1.165, 1.54) is 6.42 Å². The first-order chi connectivity index (χ1) is 12.1. The average Bonchev–Trinajstić information content (AvgIpc) is 2.61. The van der Waals surface area contributed by atoms with Crippen LogP contribution in [-0.4, -0.2) is 27.3 Å². The zero-order valence-corrected chi connectivity index (χ0v) is 15.3. The monoisotopic (exact) mass is 361 g/mol. The summed E-state index contributed by atoms with van der Waals surface area (Å²) >= 11 is 6.01. The second kappa shape index (κ2) is 8.00. The number of hydrogen-bond acceptors (Lipinski definition) is 3. The summed E-state index contributed by atoms with van der Waals surface area (Å²) in [5.41, 5.74) is 0.367. The smallest absolute Gasteiger partial charge is 0.258 e. The maximum atomic E-state index is 12.9. The Balaban J connectivity index is 1.85. The Morgan fingerprint density at radius 2 is 2.08 bits per heavy atom. The number of nitrogens with one attached hydrogen (secondary N) is 1. The van der Waals surface area contributed by atoms with E-state index < -0.39 is 0 Å². The van der Waals surface area contributed by atoms with Gasteiger partial charge in [-0.15, -0.1) is 0 Å². The summed E-state index contributed by atoms with van der Waals surface area (Å²) in [6.07, 6.45) is 6.28. The van der Waals surface area contributed by atoms with Crippen LogP contribution < -0.4 is 5.56 Å². The van der Waals surface area contributed by atoms with Gasteiger partial charge in [-0.05, 0) is 37.5 Å². The molecule has 1 aromatic heterocycles. The Kier molecular flexibility index (Phi) is 5.74. The fourth-order valence-electron chi connectivity index (χ4n) is 3.56. The first-order valence-corrected chi connectivity index (χ1v) is 9.43. The predicted octanol–water partition coefficient (Wildman–Crippen LogP) is 3.90. The van der Waals surface area contributed by atoms with E-state index in [1.54, 1.807) is 18.2 Å². The van der Waals surface area contributed by atoms with Crippen LogP contribution in [0.25, 0.3) is 10.9 Å². The number of aromatic amines is 1. The van der Waals surface area contributed by atoms with Crippen LogP contribution in [-0.2, 0) is 11.3 Å². The van der Waals surface area contributed by atoms with Gasteiger partial charge in [-0.3, -0.25) is 9.59 Å². The van der Waals surface area contributed by atoms with Crippen LogP contribution in [0.1, 0.15) is 51.3 Å². The number of rotatable bonds is 5. The molecule has 2 aromatic rings. The van der Waals surface area contributed by atoms with Crippen LogP contribution in [0.3, 0.4) is 0 Å². The van der Waals surface area contributed by atoms with Crippen molar-refractivity contribution in [1.29, 1.82) is 0 Å². The summed E-state index contributed by atoms with van der Waals surface area (Å²) in [5, 5.41) is 1.05. The molecule has 1 amide bonds. The third-order valence-corrected chi connectivity index (χ3v) is 5.05. The number of amides is 1. The zero-order chi connectivity index (χ0) is 17.8. The fourth-order valence-corrected chi connectivity index (χ4v) is 3.73. The zero-order valence-electron chi connectivity index (χ0n) is 14.6. The maximum absolute atomic E-state index is 12.9. The number of aromatic nitrogens is 2. The summed E-state index contributed by atoms with van der Waals surface area (Å²) in [5.74, 6) is 0.815. The minimum atomic E-state index is -0.196. The second-order valence-electron chi connectivity index (χ2n) is 6.77. The molecule has 1 aliphatic carbocycles. The van der Waals surface area contributed by atoms with Crippen molar-refractivity contribution < 1.29 is 4.79 Å². The number of halogens is 1. The SMILES string of the molecule is CCCN(Cc1nc2cc(Cl)ccc2c(=O)[nH]1)C(=O)C1CCCCC1. The van der Waals surface area contributed by atoms with Gasteiger partial charge in [0.15, 0.2) is 0 Å². The molecule has 1 fully saturated rings. The lowest BCUT2D eigenvalue weighted by molar-refractivity contribution is -0.137. The summed E-state index contributed by atoms with van der Waals surface area (Å²) < 4.78 is 0. The molecule has 0 atom stereocenters. The van der Waals surface area contributed by atoms with Crippen molar-refractivity contribution in [3.8, 4) is 0 Å². The highest BCUT2D eigenvalue weighted by Gasteiger charge is 2.26. The van der Waals surface area contributed by atoms with Crippen LogP contribution in [0.2, 0.25) is 5.02 Å². The van der Waals surface area contributed by atoms with Crippen molar-refractivity contribution in [2.45, 2.75) is 52.0 Å². The van der Waals surface area contributed by atoms with Crippen molar-refractivity contribution >= 4 is 28.4 Å². The summed E-state index contributed by atoms with van der Waals surface area (Å²) in [4.78, 5) is 34.3. The predicted molar refractivity (Wildman–Crippen MR) is 99.7 cm³/mol. The molecule has 1 aliphatic rings. The van der Waals surface area contributed by atoms with Crippen LogP contribution in [0, 0.1) is 5.92 Å². The van der Waals surface area contributed by atoms with E-state index in [2.05, 4.69) is 16.9 Å². The van der Waals surface area contributed by atoms with Gasteiger partial charge in [0.1, 0.15) is 5.82 Å². The second-order valence-corrected chi connectivity index (χ2v) is 7.21. The van der Waals surface area contributed by atoms with Gasteiger partial charge < -0.3 is 9.88 Å². The molecule has 0 bridgehead atoms. The van der Waals surface area contributed by atoms with E-state index in [0.29, 0.717) is 34.8 Å². The lowest BCUT2D eigenvalue weighted by Crippen LogP contribution is -2.38. The van der Waals surface area contributed by atoms with Gasteiger partial charge in [0.25, 0.3) is 5.56 Å². The first-order valence-electron chi connectivity index (χ1n) is 9.05. The topological polar surface area (TPSA) is 66.1 Å². The molecule has 0 aliphatic heterocycles. The van der Waals surface area contributed by atoms with Crippen LogP contribution >= 0.6 is 11.6 Å². The molecule has 134 valence electrons. The molecule has 25 heavy (non-hydrogen) atoms. The van der Waals surface area contributed by atoms with Crippen LogP contribution in [0.4, 0.5) is 0 Å². The van der Waals surface area contributed by atoms with Gasteiger partial charge in [-0.25, -0.2) is 4.98 Å². The Bertz CT molecular complexity index is 812. The maximum Gasteiger partial charge on any atom is 0.258 e. The van der Waals surface area contributed by atoms with E-state index >= 15 is 0 Å². The minimum absolute atomic E-state index is 0.113. The van der Waals surface area contributed by atoms with E-state index in [9.17, 15) is 9.59 Å². The van der Waals surface area contributed by atoms with Crippen molar-refractivity contribution in [3.05, 3.63) is 39.4 Å². The number of H-pyrrole nitrogens is 1. The van der Waals surface area contributed by atoms with E-state index in [4.69, 9.17) is 11.6 Å². The first kappa shape index (κ1) is 17.9. The van der Waals surface area contributed by atoms with Crippen molar-refractivity contribution in [3.63, 3.8) is 0 Å². The highest BCUT2D eigenvalue weighted by Crippen LogP contribution is 2.26. The Morgan fingerprint density at radius 1 is 1.32 bits per heavy atom. The van der Waals surface area contributed by atoms with Crippen molar-refractivity contribution in [2.24, 2.45) is 5.92 Å². The number of benzene rings is 1. The van der Waals surface area contributed by atoms with Crippen LogP contribution in [0.5, 0.6) is 0 Å². The lowest BCUT2D eigenvalue weighted by Gasteiger charge is -2.28. The minimum Gasteiger partial charge on any atom is -0.335 e. The fraction of sp³-hybridized carbons (Fsp3) is 0.526. The molecule has 0 saturated heterocycles. The molecular weight excluding hydrogens is 338 g/mol. The van der Waals surface area contributed by atoms with Gasteiger partial charge in [-0.1, -0.05) is 37.8 Å². The summed E-state index contributed by atoms with van der Waals surface area (Å²) in [7, 11) is 0. The molecule has 0 unspecified atom stereocenters. The lowest BCUT2D eigenvalue weighted by atomic mass is 9.88. The standard InChI is InChI=1S/C19H24ClN3O2/c1-2-10-23(19(25)13-6-4-3-5-7-13)12-17-21-16-11-14(20)8-9-15(16)18(24)22-17/h8-9,11,13H,2-7,10,12H2,1H3,(H,21,22,24). The molecule has 1 aromatic carbocycles. The van der Waals surface area contributed by atoms with E-state index in [1.807, 2.05) is 4.90 Å². The molecular formula is C19H24ClN3O2. The van der Waals surface area contributed by atoms with Gasteiger partial charge in [0.2, 0.25) is 5.91 Å². The Hall–Kier alpha value is -1.88. The number of nitrogens with zero attached hydrogens (tertiary/aromatic N) is 2.